The molecular weight excluding hydrogens is 278 g/mol. The fourth-order valence-electron chi connectivity index (χ4n) is 3.07. The van der Waals surface area contributed by atoms with E-state index in [4.69, 9.17) is 0 Å². The van der Waals surface area contributed by atoms with Crippen molar-refractivity contribution >= 4 is 5.91 Å². The molecule has 1 aromatic rings. The number of aryl methyl sites for hydroxylation is 2. The number of aromatic amines is 1. The predicted octanol–water partition coefficient (Wildman–Crippen LogP) is 0.711. The first kappa shape index (κ1) is 17.0. The molecule has 2 heterocycles. The molecule has 2 N–H and O–H groups in total. The van der Waals surface area contributed by atoms with Crippen LogP contribution in [-0.4, -0.2) is 72.2 Å². The molecule has 1 saturated heterocycles. The summed E-state index contributed by atoms with van der Waals surface area (Å²) in [7, 11) is 4.21. The molecule has 1 aliphatic heterocycles. The molecule has 22 heavy (non-hydrogen) atoms. The summed E-state index contributed by atoms with van der Waals surface area (Å²) in [4.78, 5) is 16.5. The summed E-state index contributed by atoms with van der Waals surface area (Å²) in [6.45, 7) is 7.33. The van der Waals surface area contributed by atoms with E-state index in [1.807, 2.05) is 13.8 Å². The van der Waals surface area contributed by atoms with Crippen molar-refractivity contribution in [1.29, 1.82) is 0 Å². The Labute approximate surface area is 133 Å². The van der Waals surface area contributed by atoms with E-state index >= 15 is 0 Å². The Morgan fingerprint density at radius 1 is 1.45 bits per heavy atom. The van der Waals surface area contributed by atoms with Gasteiger partial charge >= 0.3 is 0 Å². The minimum Gasteiger partial charge on any atom is -0.355 e. The van der Waals surface area contributed by atoms with E-state index in [2.05, 4.69) is 39.4 Å². The lowest BCUT2D eigenvalue weighted by Gasteiger charge is -2.20. The topological polar surface area (TPSA) is 64.3 Å². The van der Waals surface area contributed by atoms with Gasteiger partial charge < -0.3 is 10.2 Å². The van der Waals surface area contributed by atoms with Crippen LogP contribution in [0.3, 0.4) is 0 Å². The van der Waals surface area contributed by atoms with E-state index in [0.29, 0.717) is 12.6 Å². The van der Waals surface area contributed by atoms with Crippen molar-refractivity contribution in [2.24, 2.45) is 0 Å². The van der Waals surface area contributed by atoms with Crippen molar-refractivity contribution in [2.75, 3.05) is 40.3 Å². The number of carbonyl (C=O) groups excluding carboxylic acids is 1. The molecule has 0 bridgehead atoms. The average Bonchev–Trinajstić information content (AvgIpc) is 3.04. The maximum atomic E-state index is 12.0. The van der Waals surface area contributed by atoms with E-state index in [1.54, 1.807) is 0 Å². The number of rotatable bonds is 7. The minimum absolute atomic E-state index is 0.139. The molecule has 0 aromatic carbocycles. The number of amides is 1. The van der Waals surface area contributed by atoms with Gasteiger partial charge in [-0.1, -0.05) is 0 Å². The molecule has 1 fully saturated rings. The zero-order chi connectivity index (χ0) is 16.1. The number of likely N-dealkylation sites (tertiary alicyclic amines) is 1. The van der Waals surface area contributed by atoms with Crippen LogP contribution in [0.4, 0.5) is 0 Å². The summed E-state index contributed by atoms with van der Waals surface area (Å²) in [5.41, 5.74) is 3.48. The van der Waals surface area contributed by atoms with E-state index < -0.39 is 0 Å². The highest BCUT2D eigenvalue weighted by atomic mass is 16.2. The van der Waals surface area contributed by atoms with Crippen LogP contribution in [0.15, 0.2) is 0 Å². The highest BCUT2D eigenvalue weighted by molar-refractivity contribution is 5.78. The van der Waals surface area contributed by atoms with Crippen LogP contribution in [0.2, 0.25) is 0 Å². The van der Waals surface area contributed by atoms with Crippen molar-refractivity contribution in [3.63, 3.8) is 0 Å². The van der Waals surface area contributed by atoms with Crippen molar-refractivity contribution in [2.45, 2.75) is 39.2 Å². The Balaban J connectivity index is 1.62. The smallest absolute Gasteiger partial charge is 0.234 e. The van der Waals surface area contributed by atoms with Gasteiger partial charge in [-0.25, -0.2) is 0 Å². The second-order valence-corrected chi connectivity index (χ2v) is 6.51. The summed E-state index contributed by atoms with van der Waals surface area (Å²) < 4.78 is 0. The second kappa shape index (κ2) is 7.74. The predicted molar refractivity (Wildman–Crippen MR) is 87.9 cm³/mol. The Morgan fingerprint density at radius 3 is 2.82 bits per heavy atom. The first-order chi connectivity index (χ1) is 10.5. The van der Waals surface area contributed by atoms with Gasteiger partial charge in [0.25, 0.3) is 0 Å². The van der Waals surface area contributed by atoms with Crippen LogP contribution in [0, 0.1) is 13.8 Å². The molecule has 0 aliphatic carbocycles. The van der Waals surface area contributed by atoms with Crippen LogP contribution < -0.4 is 5.32 Å². The molecule has 0 saturated carbocycles. The first-order valence-electron chi connectivity index (χ1n) is 8.13. The normalized spacial score (nSPS) is 19.0. The largest absolute Gasteiger partial charge is 0.355 e. The average molecular weight is 307 g/mol. The molecule has 1 aliphatic rings. The lowest BCUT2D eigenvalue weighted by molar-refractivity contribution is -0.122. The summed E-state index contributed by atoms with van der Waals surface area (Å²) in [6.07, 6.45) is 3.06. The van der Waals surface area contributed by atoms with Gasteiger partial charge in [-0.3, -0.25) is 14.8 Å². The molecular formula is C16H29N5O. The Kier molecular flexibility index (Phi) is 5.97. The minimum atomic E-state index is 0.139. The molecule has 1 aromatic heterocycles. The zero-order valence-corrected chi connectivity index (χ0v) is 14.3. The lowest BCUT2D eigenvalue weighted by Crippen LogP contribution is -2.38. The summed E-state index contributed by atoms with van der Waals surface area (Å²) in [5.74, 6) is 0.139. The molecule has 6 nitrogen and oxygen atoms in total. The third-order valence-electron chi connectivity index (χ3n) is 4.55. The molecule has 124 valence electrons. The van der Waals surface area contributed by atoms with Crippen LogP contribution in [0.1, 0.15) is 29.8 Å². The van der Waals surface area contributed by atoms with Gasteiger partial charge in [-0.2, -0.15) is 5.10 Å². The third-order valence-corrected chi connectivity index (χ3v) is 4.55. The summed E-state index contributed by atoms with van der Waals surface area (Å²) in [6, 6.07) is 0.583. The Morgan fingerprint density at radius 2 is 2.23 bits per heavy atom. The number of nitrogens with zero attached hydrogens (tertiary/aromatic N) is 3. The van der Waals surface area contributed by atoms with Gasteiger partial charge in [-0.05, 0) is 52.8 Å². The van der Waals surface area contributed by atoms with Crippen molar-refractivity contribution < 1.29 is 4.79 Å². The number of likely N-dealkylation sites (N-methyl/N-ethyl adjacent to an activating group) is 1. The highest BCUT2D eigenvalue weighted by Gasteiger charge is 2.24. The van der Waals surface area contributed by atoms with Crippen LogP contribution in [-0.2, 0) is 11.2 Å². The standard InChI is InChI=1S/C16H29N5O/c1-12-15(13(2)19-18-12)6-5-8-17-16(22)11-21-9-7-14(10-21)20(3)4/h14H,5-11H2,1-4H3,(H,17,22)(H,18,19)/t14-/m0/s1. The van der Waals surface area contributed by atoms with E-state index in [0.717, 1.165) is 50.3 Å². The molecule has 2 rings (SSSR count). The molecule has 0 unspecified atom stereocenters. The summed E-state index contributed by atoms with van der Waals surface area (Å²) >= 11 is 0. The maximum absolute atomic E-state index is 12.0. The number of hydrogen-bond donors (Lipinski definition) is 2. The van der Waals surface area contributed by atoms with Gasteiger partial charge in [-0.15, -0.1) is 0 Å². The Hall–Kier alpha value is -1.40. The monoisotopic (exact) mass is 307 g/mol. The first-order valence-corrected chi connectivity index (χ1v) is 8.13. The number of aromatic nitrogens is 2. The molecule has 0 radical (unpaired) electrons. The summed E-state index contributed by atoms with van der Waals surface area (Å²) in [5, 5.41) is 10.2. The number of hydrogen-bond acceptors (Lipinski definition) is 4. The fraction of sp³-hybridized carbons (Fsp3) is 0.750. The van der Waals surface area contributed by atoms with Crippen LogP contribution in [0.5, 0.6) is 0 Å². The van der Waals surface area contributed by atoms with E-state index in [9.17, 15) is 4.79 Å². The van der Waals surface area contributed by atoms with E-state index in [1.165, 1.54) is 5.56 Å². The molecule has 6 heteroatoms. The third kappa shape index (κ3) is 4.55. The molecule has 1 amide bonds. The van der Waals surface area contributed by atoms with Gasteiger partial charge in [0.1, 0.15) is 0 Å². The lowest BCUT2D eigenvalue weighted by atomic mass is 10.1. The van der Waals surface area contributed by atoms with Gasteiger partial charge in [0.15, 0.2) is 0 Å². The SMILES string of the molecule is Cc1n[nH]c(C)c1CCCNC(=O)CN1CC[C@H](N(C)C)C1. The fourth-order valence-corrected chi connectivity index (χ4v) is 3.07. The number of nitrogens with one attached hydrogen (secondary N) is 2. The number of H-pyrrole nitrogens is 1. The van der Waals surface area contributed by atoms with E-state index in [-0.39, 0.29) is 5.91 Å². The molecule has 1 atom stereocenters. The van der Waals surface area contributed by atoms with Crippen LogP contribution >= 0.6 is 0 Å². The zero-order valence-electron chi connectivity index (χ0n) is 14.3. The van der Waals surface area contributed by atoms with Gasteiger partial charge in [0.2, 0.25) is 5.91 Å². The van der Waals surface area contributed by atoms with Gasteiger partial charge in [0, 0.05) is 31.4 Å². The van der Waals surface area contributed by atoms with Crippen molar-refractivity contribution in [1.82, 2.24) is 25.3 Å². The number of carbonyl (C=O) groups is 1. The van der Waals surface area contributed by atoms with Gasteiger partial charge in [0.05, 0.1) is 12.2 Å². The maximum Gasteiger partial charge on any atom is 0.234 e. The highest BCUT2D eigenvalue weighted by Crippen LogP contribution is 2.13. The van der Waals surface area contributed by atoms with Crippen molar-refractivity contribution in [3.8, 4) is 0 Å². The Bertz CT molecular complexity index is 477. The quantitative estimate of drug-likeness (QED) is 0.728. The van der Waals surface area contributed by atoms with Crippen LogP contribution in [0.25, 0.3) is 0 Å². The molecule has 0 spiro atoms. The second-order valence-electron chi connectivity index (χ2n) is 6.51. The van der Waals surface area contributed by atoms with Crippen molar-refractivity contribution in [3.05, 3.63) is 17.0 Å².